The van der Waals surface area contributed by atoms with E-state index >= 15 is 0 Å². The fourth-order valence-electron chi connectivity index (χ4n) is 2.87. The van der Waals surface area contributed by atoms with Gasteiger partial charge < -0.3 is 0 Å². The fourth-order valence-corrected chi connectivity index (χ4v) is 2.87. The number of hydrogen-bond acceptors (Lipinski definition) is 2. The lowest BCUT2D eigenvalue weighted by molar-refractivity contribution is -0.122. The maximum absolute atomic E-state index is 11.1. The van der Waals surface area contributed by atoms with Crippen molar-refractivity contribution in [3.05, 3.63) is 0 Å². The van der Waals surface area contributed by atoms with Gasteiger partial charge in [0.15, 0.2) is 0 Å². The molecule has 1 aliphatic heterocycles. The summed E-state index contributed by atoms with van der Waals surface area (Å²) in [5.41, 5.74) is 0. The molecule has 1 saturated carbocycles. The minimum absolute atomic E-state index is 0.463. The first-order valence-electron chi connectivity index (χ1n) is 6.01. The van der Waals surface area contributed by atoms with Crippen molar-refractivity contribution >= 4 is 5.78 Å². The van der Waals surface area contributed by atoms with Crippen LogP contribution in [0.15, 0.2) is 0 Å². The molecule has 1 heterocycles. The van der Waals surface area contributed by atoms with Crippen molar-refractivity contribution in [2.45, 2.75) is 51.5 Å². The van der Waals surface area contributed by atoms with Crippen molar-refractivity contribution in [3.8, 4) is 0 Å². The summed E-state index contributed by atoms with van der Waals surface area (Å²) in [5, 5.41) is 0. The highest BCUT2D eigenvalue weighted by Crippen LogP contribution is 2.28. The van der Waals surface area contributed by atoms with Crippen molar-refractivity contribution in [3.63, 3.8) is 0 Å². The third-order valence-corrected chi connectivity index (χ3v) is 3.78. The van der Waals surface area contributed by atoms with Crippen LogP contribution in [-0.2, 0) is 4.79 Å². The smallest absolute Gasteiger partial charge is 0.135 e. The summed E-state index contributed by atoms with van der Waals surface area (Å²) in [4.78, 5) is 13.7. The summed E-state index contributed by atoms with van der Waals surface area (Å²) in [6.07, 6.45) is 7.10. The van der Waals surface area contributed by atoms with Gasteiger partial charge in [0, 0.05) is 32.0 Å². The molecule has 80 valence electrons. The molecule has 0 spiro atoms. The molecule has 2 rings (SSSR count). The van der Waals surface area contributed by atoms with E-state index in [0.29, 0.717) is 5.78 Å². The van der Waals surface area contributed by atoms with Gasteiger partial charge in [-0.25, -0.2) is 0 Å². The van der Waals surface area contributed by atoms with Gasteiger partial charge in [-0.15, -0.1) is 0 Å². The first-order valence-corrected chi connectivity index (χ1v) is 6.01. The average Bonchev–Trinajstić information content (AvgIpc) is 2.19. The normalized spacial score (nSPS) is 35.9. The molecule has 0 aromatic heterocycles. The second-order valence-corrected chi connectivity index (χ2v) is 5.00. The van der Waals surface area contributed by atoms with Crippen LogP contribution in [0.2, 0.25) is 0 Å². The average molecular weight is 195 g/mol. The minimum Gasteiger partial charge on any atom is -0.300 e. The number of hydrogen-bond donors (Lipinski definition) is 0. The number of rotatable bonds is 1. The zero-order chi connectivity index (χ0) is 9.97. The predicted molar refractivity (Wildman–Crippen MR) is 57.2 cm³/mol. The molecule has 2 atom stereocenters. The molecule has 0 amide bonds. The third-order valence-electron chi connectivity index (χ3n) is 3.78. The first kappa shape index (κ1) is 10.2. The summed E-state index contributed by atoms with van der Waals surface area (Å²) < 4.78 is 0. The molecule has 2 heteroatoms. The monoisotopic (exact) mass is 195 g/mol. The van der Waals surface area contributed by atoms with Crippen molar-refractivity contribution in [2.75, 3.05) is 13.1 Å². The zero-order valence-corrected chi connectivity index (χ0v) is 9.17. The Bertz CT molecular complexity index is 204. The summed E-state index contributed by atoms with van der Waals surface area (Å²) in [5.74, 6) is 1.36. The molecule has 14 heavy (non-hydrogen) atoms. The molecular weight excluding hydrogens is 174 g/mol. The highest BCUT2D eigenvalue weighted by molar-refractivity contribution is 5.79. The van der Waals surface area contributed by atoms with E-state index in [1.54, 1.807) is 0 Å². The van der Waals surface area contributed by atoms with E-state index in [-0.39, 0.29) is 0 Å². The second-order valence-electron chi connectivity index (χ2n) is 5.00. The van der Waals surface area contributed by atoms with Crippen LogP contribution in [0.25, 0.3) is 0 Å². The number of nitrogens with zero attached hydrogens (tertiary/aromatic N) is 1. The van der Waals surface area contributed by atoms with Gasteiger partial charge in [-0.2, -0.15) is 0 Å². The number of carbonyl (C=O) groups excluding carboxylic acids is 1. The third kappa shape index (κ3) is 2.35. The van der Waals surface area contributed by atoms with E-state index in [0.717, 1.165) is 37.9 Å². The quantitative estimate of drug-likeness (QED) is 0.639. The fraction of sp³-hybridized carbons (Fsp3) is 0.917. The Morgan fingerprint density at radius 1 is 1.21 bits per heavy atom. The van der Waals surface area contributed by atoms with E-state index in [1.807, 2.05) is 0 Å². The molecule has 0 aromatic rings. The van der Waals surface area contributed by atoms with Crippen molar-refractivity contribution in [1.82, 2.24) is 4.90 Å². The van der Waals surface area contributed by atoms with Crippen LogP contribution >= 0.6 is 0 Å². The van der Waals surface area contributed by atoms with Gasteiger partial charge in [-0.1, -0.05) is 19.8 Å². The maximum atomic E-state index is 11.1. The number of piperidine rings is 1. The van der Waals surface area contributed by atoms with Gasteiger partial charge in [0.1, 0.15) is 5.78 Å². The summed E-state index contributed by atoms with van der Waals surface area (Å²) >= 11 is 0. The SMILES string of the molecule is C[C@@H]1CCC[C@H](N2CCC(=O)CC2)C1. The molecule has 2 aliphatic rings. The van der Waals surface area contributed by atoms with Crippen molar-refractivity contribution < 1.29 is 4.79 Å². The first-order chi connectivity index (χ1) is 6.75. The number of Topliss-reactive ketones (excluding diaryl/α,β-unsaturated/α-hetero) is 1. The predicted octanol–water partition coefficient (Wildman–Crippen LogP) is 2.23. The van der Waals surface area contributed by atoms with Crippen LogP contribution in [0.1, 0.15) is 45.4 Å². The molecule has 1 aliphatic carbocycles. The molecule has 0 aromatic carbocycles. The largest absolute Gasteiger partial charge is 0.300 e. The summed E-state index contributed by atoms with van der Waals surface area (Å²) in [6.45, 7) is 4.41. The highest BCUT2D eigenvalue weighted by atomic mass is 16.1. The van der Waals surface area contributed by atoms with Crippen LogP contribution < -0.4 is 0 Å². The topological polar surface area (TPSA) is 20.3 Å². The Balaban J connectivity index is 1.85. The van der Waals surface area contributed by atoms with E-state index in [9.17, 15) is 4.79 Å². The van der Waals surface area contributed by atoms with Crippen LogP contribution in [0, 0.1) is 5.92 Å². The van der Waals surface area contributed by atoms with E-state index in [4.69, 9.17) is 0 Å². The molecule has 2 fully saturated rings. The minimum atomic E-state index is 0.463. The number of carbonyl (C=O) groups is 1. The van der Waals surface area contributed by atoms with E-state index in [1.165, 1.54) is 25.7 Å². The van der Waals surface area contributed by atoms with Crippen LogP contribution in [0.5, 0.6) is 0 Å². The lowest BCUT2D eigenvalue weighted by atomic mass is 9.85. The summed E-state index contributed by atoms with van der Waals surface area (Å²) in [6, 6.07) is 0.784. The molecular formula is C12H21NO. The van der Waals surface area contributed by atoms with E-state index < -0.39 is 0 Å². The molecule has 0 unspecified atom stereocenters. The van der Waals surface area contributed by atoms with Crippen molar-refractivity contribution in [2.24, 2.45) is 5.92 Å². The number of likely N-dealkylation sites (tertiary alicyclic amines) is 1. The van der Waals surface area contributed by atoms with Crippen LogP contribution in [-0.4, -0.2) is 29.8 Å². The molecule has 0 N–H and O–H groups in total. The molecule has 0 radical (unpaired) electrons. The Morgan fingerprint density at radius 3 is 2.57 bits per heavy atom. The van der Waals surface area contributed by atoms with Gasteiger partial charge >= 0.3 is 0 Å². The van der Waals surface area contributed by atoms with Gasteiger partial charge in [0.2, 0.25) is 0 Å². The van der Waals surface area contributed by atoms with Gasteiger partial charge in [-0.3, -0.25) is 9.69 Å². The van der Waals surface area contributed by atoms with Crippen LogP contribution in [0.3, 0.4) is 0 Å². The number of ketones is 1. The molecule has 2 nitrogen and oxygen atoms in total. The lowest BCUT2D eigenvalue weighted by Crippen LogP contribution is -2.43. The maximum Gasteiger partial charge on any atom is 0.135 e. The Hall–Kier alpha value is -0.370. The Morgan fingerprint density at radius 2 is 1.93 bits per heavy atom. The van der Waals surface area contributed by atoms with E-state index in [2.05, 4.69) is 11.8 Å². The lowest BCUT2D eigenvalue weighted by Gasteiger charge is -2.38. The van der Waals surface area contributed by atoms with Gasteiger partial charge in [-0.05, 0) is 18.8 Å². The highest BCUT2D eigenvalue weighted by Gasteiger charge is 2.27. The van der Waals surface area contributed by atoms with Gasteiger partial charge in [0.25, 0.3) is 0 Å². The Kier molecular flexibility index (Phi) is 3.22. The second kappa shape index (κ2) is 4.43. The molecule has 0 bridgehead atoms. The Labute approximate surface area is 86.7 Å². The van der Waals surface area contributed by atoms with Crippen molar-refractivity contribution in [1.29, 1.82) is 0 Å². The zero-order valence-electron chi connectivity index (χ0n) is 9.17. The van der Waals surface area contributed by atoms with Crippen LogP contribution in [0.4, 0.5) is 0 Å². The summed E-state index contributed by atoms with van der Waals surface area (Å²) in [7, 11) is 0. The van der Waals surface area contributed by atoms with Gasteiger partial charge in [0.05, 0.1) is 0 Å². The molecule has 1 saturated heterocycles. The standard InChI is InChI=1S/C12H21NO/c1-10-3-2-4-11(9-10)13-7-5-12(14)6-8-13/h10-11H,2-9H2,1H3/t10-,11+/m1/s1.